The lowest BCUT2D eigenvalue weighted by Crippen LogP contribution is -2.33. The van der Waals surface area contributed by atoms with E-state index in [-0.39, 0.29) is 30.4 Å². The molecule has 1 amide bonds. The first-order valence-corrected chi connectivity index (χ1v) is 7.34. The highest BCUT2D eigenvalue weighted by molar-refractivity contribution is 5.85. The fraction of sp³-hybridized carbons (Fsp3) is 0.278. The molecule has 0 aliphatic rings. The molecule has 0 aromatic heterocycles. The molecule has 0 bridgehead atoms. The molecule has 2 atom stereocenters. The van der Waals surface area contributed by atoms with Gasteiger partial charge in [0.1, 0.15) is 5.75 Å². The van der Waals surface area contributed by atoms with E-state index in [9.17, 15) is 4.79 Å². The Bertz CT molecular complexity index is 617. The number of benzene rings is 2. The standard InChI is InChI=1S/C18H22N2O2.ClH/c1-13(19)12-17(21)20-18(14-8-4-3-5-9-14)15-10-6-7-11-16(15)22-2;/h3-11,13,18H,12,19H2,1-2H3,(H,20,21);1H. The van der Waals surface area contributed by atoms with Crippen molar-refractivity contribution in [3.63, 3.8) is 0 Å². The molecule has 3 N–H and O–H groups in total. The first-order valence-electron chi connectivity index (χ1n) is 7.34. The van der Waals surface area contributed by atoms with Gasteiger partial charge in [0.15, 0.2) is 0 Å². The Morgan fingerprint density at radius 3 is 2.35 bits per heavy atom. The molecule has 2 unspecified atom stereocenters. The third-order valence-electron chi connectivity index (χ3n) is 3.40. The molecule has 4 nitrogen and oxygen atoms in total. The van der Waals surface area contributed by atoms with E-state index in [1.807, 2.05) is 61.5 Å². The predicted octanol–water partition coefficient (Wildman–Crippen LogP) is 3.06. The van der Waals surface area contributed by atoms with E-state index in [1.54, 1.807) is 7.11 Å². The largest absolute Gasteiger partial charge is 0.496 e. The van der Waals surface area contributed by atoms with Crippen molar-refractivity contribution >= 4 is 18.3 Å². The average molecular weight is 335 g/mol. The molecule has 0 saturated heterocycles. The topological polar surface area (TPSA) is 64.3 Å². The van der Waals surface area contributed by atoms with Crippen molar-refractivity contribution in [2.75, 3.05) is 7.11 Å². The summed E-state index contributed by atoms with van der Waals surface area (Å²) in [6.45, 7) is 1.82. The van der Waals surface area contributed by atoms with Gasteiger partial charge in [0.25, 0.3) is 0 Å². The lowest BCUT2D eigenvalue weighted by atomic mass is 9.97. The van der Waals surface area contributed by atoms with Crippen molar-refractivity contribution in [1.82, 2.24) is 5.32 Å². The molecule has 0 fully saturated rings. The first kappa shape index (κ1) is 19.0. The lowest BCUT2D eigenvalue weighted by molar-refractivity contribution is -0.121. The van der Waals surface area contributed by atoms with Crippen molar-refractivity contribution in [1.29, 1.82) is 0 Å². The second-order valence-electron chi connectivity index (χ2n) is 5.33. The number of nitrogens with one attached hydrogen (secondary N) is 1. The number of halogens is 1. The van der Waals surface area contributed by atoms with Crippen molar-refractivity contribution in [3.05, 3.63) is 65.7 Å². The van der Waals surface area contributed by atoms with Gasteiger partial charge in [-0.1, -0.05) is 48.5 Å². The number of hydrogen-bond donors (Lipinski definition) is 2. The van der Waals surface area contributed by atoms with Crippen molar-refractivity contribution < 1.29 is 9.53 Å². The monoisotopic (exact) mass is 334 g/mol. The number of nitrogens with two attached hydrogens (primary N) is 1. The van der Waals surface area contributed by atoms with Crippen LogP contribution in [0.4, 0.5) is 0 Å². The van der Waals surface area contributed by atoms with Crippen molar-refractivity contribution in [2.45, 2.75) is 25.4 Å². The van der Waals surface area contributed by atoms with Crippen LogP contribution < -0.4 is 15.8 Å². The van der Waals surface area contributed by atoms with Gasteiger partial charge in [-0.05, 0) is 18.6 Å². The number of carbonyl (C=O) groups is 1. The zero-order chi connectivity index (χ0) is 15.9. The zero-order valence-corrected chi connectivity index (χ0v) is 14.2. The maximum Gasteiger partial charge on any atom is 0.222 e. The van der Waals surface area contributed by atoms with E-state index in [2.05, 4.69) is 5.32 Å². The molecule has 2 aromatic carbocycles. The Hall–Kier alpha value is -2.04. The maximum absolute atomic E-state index is 12.2. The quantitative estimate of drug-likeness (QED) is 0.853. The van der Waals surface area contributed by atoms with Gasteiger partial charge in [-0.3, -0.25) is 4.79 Å². The number of hydrogen-bond acceptors (Lipinski definition) is 3. The minimum Gasteiger partial charge on any atom is -0.496 e. The van der Waals surface area contributed by atoms with Gasteiger partial charge in [-0.2, -0.15) is 0 Å². The minimum atomic E-state index is -0.261. The SMILES string of the molecule is COc1ccccc1C(NC(=O)CC(C)N)c1ccccc1.Cl. The molecule has 124 valence electrons. The number of amides is 1. The van der Waals surface area contributed by atoms with Gasteiger partial charge >= 0.3 is 0 Å². The minimum absolute atomic E-state index is 0. The summed E-state index contributed by atoms with van der Waals surface area (Å²) in [5.74, 6) is 0.673. The van der Waals surface area contributed by atoms with E-state index in [0.29, 0.717) is 6.42 Å². The second-order valence-corrected chi connectivity index (χ2v) is 5.33. The van der Waals surface area contributed by atoms with Gasteiger partial charge in [-0.15, -0.1) is 12.4 Å². The average Bonchev–Trinajstić information content (AvgIpc) is 2.53. The highest BCUT2D eigenvalue weighted by Crippen LogP contribution is 2.29. The second kappa shape index (κ2) is 9.18. The van der Waals surface area contributed by atoms with E-state index < -0.39 is 0 Å². The number of methoxy groups -OCH3 is 1. The van der Waals surface area contributed by atoms with E-state index in [0.717, 1.165) is 16.9 Å². The number of para-hydroxylation sites is 1. The molecule has 0 heterocycles. The summed E-state index contributed by atoms with van der Waals surface area (Å²) in [5.41, 5.74) is 7.65. The van der Waals surface area contributed by atoms with Crippen LogP contribution in [-0.2, 0) is 4.79 Å². The molecule has 0 spiro atoms. The van der Waals surface area contributed by atoms with Gasteiger partial charge in [0.05, 0.1) is 13.2 Å². The summed E-state index contributed by atoms with van der Waals surface area (Å²) in [6.07, 6.45) is 0.290. The lowest BCUT2D eigenvalue weighted by Gasteiger charge is -2.22. The highest BCUT2D eigenvalue weighted by Gasteiger charge is 2.20. The molecule has 0 aliphatic heterocycles. The highest BCUT2D eigenvalue weighted by atomic mass is 35.5. The molecule has 5 heteroatoms. The molecule has 2 rings (SSSR count). The zero-order valence-electron chi connectivity index (χ0n) is 13.4. The molecular formula is C18H23ClN2O2. The van der Waals surface area contributed by atoms with E-state index in [4.69, 9.17) is 10.5 Å². The van der Waals surface area contributed by atoms with Crippen LogP contribution >= 0.6 is 12.4 Å². The maximum atomic E-state index is 12.2. The van der Waals surface area contributed by atoms with Gasteiger partial charge < -0.3 is 15.8 Å². The van der Waals surface area contributed by atoms with Crippen LogP contribution in [0.15, 0.2) is 54.6 Å². The third kappa shape index (κ3) is 5.27. The Morgan fingerprint density at radius 1 is 1.13 bits per heavy atom. The first-order chi connectivity index (χ1) is 10.6. The van der Waals surface area contributed by atoms with Gasteiger partial charge in [-0.25, -0.2) is 0 Å². The number of ether oxygens (including phenoxy) is 1. The third-order valence-corrected chi connectivity index (χ3v) is 3.40. The van der Waals surface area contributed by atoms with Crippen LogP contribution in [0.5, 0.6) is 5.75 Å². The normalized spacial score (nSPS) is 12.7. The van der Waals surface area contributed by atoms with Crippen molar-refractivity contribution in [3.8, 4) is 5.75 Å². The Balaban J connectivity index is 0.00000264. The summed E-state index contributed by atoms with van der Waals surface area (Å²) >= 11 is 0. The van der Waals surface area contributed by atoms with E-state index >= 15 is 0 Å². The summed E-state index contributed by atoms with van der Waals surface area (Å²) < 4.78 is 5.43. The molecule has 2 aromatic rings. The van der Waals surface area contributed by atoms with Crippen molar-refractivity contribution in [2.24, 2.45) is 5.73 Å². The summed E-state index contributed by atoms with van der Waals surface area (Å²) in [6, 6.07) is 17.1. The molecular weight excluding hydrogens is 312 g/mol. The fourth-order valence-corrected chi connectivity index (χ4v) is 2.40. The molecule has 0 radical (unpaired) electrons. The summed E-state index contributed by atoms with van der Waals surface area (Å²) in [4.78, 5) is 12.2. The molecule has 0 aliphatic carbocycles. The van der Waals surface area contributed by atoms with E-state index in [1.165, 1.54) is 0 Å². The van der Waals surface area contributed by atoms with Gasteiger partial charge in [0, 0.05) is 18.0 Å². The number of rotatable bonds is 6. The Morgan fingerprint density at radius 2 is 1.74 bits per heavy atom. The molecule has 0 saturated carbocycles. The van der Waals surface area contributed by atoms with Gasteiger partial charge in [0.2, 0.25) is 5.91 Å². The van der Waals surface area contributed by atoms with Crippen LogP contribution in [0.3, 0.4) is 0 Å². The van der Waals surface area contributed by atoms with Crippen LogP contribution in [0.1, 0.15) is 30.5 Å². The smallest absolute Gasteiger partial charge is 0.222 e. The Labute approximate surface area is 143 Å². The Kier molecular flexibility index (Phi) is 7.59. The molecule has 23 heavy (non-hydrogen) atoms. The fourth-order valence-electron chi connectivity index (χ4n) is 2.40. The predicted molar refractivity (Wildman–Crippen MR) is 94.9 cm³/mol. The summed E-state index contributed by atoms with van der Waals surface area (Å²) in [5, 5.41) is 3.06. The van der Waals surface area contributed by atoms with Crippen LogP contribution in [-0.4, -0.2) is 19.1 Å². The number of carbonyl (C=O) groups excluding carboxylic acids is 1. The van der Waals surface area contributed by atoms with Crippen LogP contribution in [0.2, 0.25) is 0 Å². The van der Waals surface area contributed by atoms with Crippen LogP contribution in [0, 0.1) is 0 Å². The van der Waals surface area contributed by atoms with Crippen LogP contribution in [0.25, 0.3) is 0 Å². The summed E-state index contributed by atoms with van der Waals surface area (Å²) in [7, 11) is 1.63.